The standard InChI is InChI=1S/C14H15N5S/c15-14(7-4-8-14)9-11-18-19-12(16-17-13(19)20-11)10-5-2-1-3-6-10/h1-3,5-6H,4,7-9,15H2. The van der Waals surface area contributed by atoms with Crippen molar-refractivity contribution in [3.63, 3.8) is 0 Å². The maximum absolute atomic E-state index is 6.30. The van der Waals surface area contributed by atoms with Crippen molar-refractivity contribution in [2.24, 2.45) is 5.73 Å². The summed E-state index contributed by atoms with van der Waals surface area (Å²) in [6.45, 7) is 0. The van der Waals surface area contributed by atoms with Crippen LogP contribution in [0.3, 0.4) is 0 Å². The van der Waals surface area contributed by atoms with Crippen LogP contribution in [0.5, 0.6) is 0 Å². The van der Waals surface area contributed by atoms with Crippen molar-refractivity contribution in [2.45, 2.75) is 31.2 Å². The quantitative estimate of drug-likeness (QED) is 0.801. The Morgan fingerprint density at radius 2 is 2.00 bits per heavy atom. The fourth-order valence-corrected chi connectivity index (χ4v) is 3.59. The van der Waals surface area contributed by atoms with Gasteiger partial charge in [-0.3, -0.25) is 0 Å². The van der Waals surface area contributed by atoms with Crippen molar-refractivity contribution < 1.29 is 0 Å². The van der Waals surface area contributed by atoms with Crippen molar-refractivity contribution in [2.75, 3.05) is 0 Å². The molecule has 5 nitrogen and oxygen atoms in total. The van der Waals surface area contributed by atoms with Gasteiger partial charge in [-0.2, -0.15) is 9.61 Å². The molecule has 20 heavy (non-hydrogen) atoms. The van der Waals surface area contributed by atoms with E-state index in [9.17, 15) is 0 Å². The lowest BCUT2D eigenvalue weighted by atomic mass is 9.75. The predicted molar refractivity (Wildman–Crippen MR) is 78.6 cm³/mol. The number of hydrogen-bond acceptors (Lipinski definition) is 5. The smallest absolute Gasteiger partial charge is 0.234 e. The van der Waals surface area contributed by atoms with E-state index in [1.165, 1.54) is 6.42 Å². The highest BCUT2D eigenvalue weighted by molar-refractivity contribution is 7.16. The van der Waals surface area contributed by atoms with Gasteiger partial charge in [0.25, 0.3) is 0 Å². The molecule has 3 aromatic rings. The maximum atomic E-state index is 6.30. The van der Waals surface area contributed by atoms with Gasteiger partial charge in [-0.05, 0) is 19.3 Å². The minimum absolute atomic E-state index is 0.0454. The maximum Gasteiger partial charge on any atom is 0.234 e. The first-order valence-electron chi connectivity index (χ1n) is 6.79. The van der Waals surface area contributed by atoms with Crippen LogP contribution in [0.2, 0.25) is 0 Å². The Morgan fingerprint density at radius 3 is 2.70 bits per heavy atom. The summed E-state index contributed by atoms with van der Waals surface area (Å²) in [6, 6.07) is 10.0. The molecule has 0 saturated heterocycles. The van der Waals surface area contributed by atoms with E-state index in [-0.39, 0.29) is 5.54 Å². The van der Waals surface area contributed by atoms with Crippen molar-refractivity contribution in [1.82, 2.24) is 19.8 Å². The second-order valence-corrected chi connectivity index (χ2v) is 6.51. The van der Waals surface area contributed by atoms with Gasteiger partial charge < -0.3 is 5.73 Å². The topological polar surface area (TPSA) is 69.1 Å². The average Bonchev–Trinajstić information content (AvgIpc) is 2.97. The number of benzene rings is 1. The van der Waals surface area contributed by atoms with Crippen molar-refractivity contribution in [1.29, 1.82) is 0 Å². The van der Waals surface area contributed by atoms with Crippen LogP contribution < -0.4 is 5.73 Å². The van der Waals surface area contributed by atoms with E-state index in [0.29, 0.717) is 0 Å². The Hall–Kier alpha value is -1.79. The molecule has 1 saturated carbocycles. The van der Waals surface area contributed by atoms with Gasteiger partial charge in [-0.15, -0.1) is 10.2 Å². The SMILES string of the molecule is NC1(Cc2nn3c(-c4ccccc4)nnc3s2)CCC1. The molecule has 4 rings (SSSR count). The van der Waals surface area contributed by atoms with Gasteiger partial charge in [0.2, 0.25) is 4.96 Å². The Labute approximate surface area is 120 Å². The van der Waals surface area contributed by atoms with E-state index in [2.05, 4.69) is 15.3 Å². The second kappa shape index (κ2) is 4.36. The molecule has 0 spiro atoms. The molecule has 2 N–H and O–H groups in total. The molecule has 1 aliphatic carbocycles. The first kappa shape index (κ1) is 12.0. The summed E-state index contributed by atoms with van der Waals surface area (Å²) < 4.78 is 1.83. The van der Waals surface area contributed by atoms with Gasteiger partial charge in [0, 0.05) is 17.5 Å². The first-order valence-corrected chi connectivity index (χ1v) is 7.61. The van der Waals surface area contributed by atoms with Gasteiger partial charge in [0.05, 0.1) is 0 Å². The van der Waals surface area contributed by atoms with E-state index >= 15 is 0 Å². The Bertz CT molecular complexity index is 741. The summed E-state index contributed by atoms with van der Waals surface area (Å²) in [7, 11) is 0. The molecule has 0 aliphatic heterocycles. The zero-order valence-corrected chi connectivity index (χ0v) is 11.8. The van der Waals surface area contributed by atoms with Crippen molar-refractivity contribution >= 4 is 16.3 Å². The molecule has 6 heteroatoms. The van der Waals surface area contributed by atoms with Gasteiger partial charge in [-0.25, -0.2) is 0 Å². The molecular formula is C14H15N5S. The molecular weight excluding hydrogens is 270 g/mol. The molecule has 0 amide bonds. The highest BCUT2D eigenvalue weighted by atomic mass is 32.1. The molecule has 0 atom stereocenters. The monoisotopic (exact) mass is 285 g/mol. The van der Waals surface area contributed by atoms with Crippen LogP contribution in [0, 0.1) is 0 Å². The molecule has 2 heterocycles. The largest absolute Gasteiger partial charge is 0.325 e. The lowest BCUT2D eigenvalue weighted by molar-refractivity contribution is 0.247. The normalized spacial score (nSPS) is 17.2. The lowest BCUT2D eigenvalue weighted by Gasteiger charge is -2.37. The molecule has 2 aromatic heterocycles. The Kier molecular flexibility index (Phi) is 2.61. The Balaban J connectivity index is 1.72. The fraction of sp³-hybridized carbons (Fsp3) is 0.357. The molecule has 102 valence electrons. The minimum Gasteiger partial charge on any atom is -0.325 e. The van der Waals surface area contributed by atoms with E-state index in [1.807, 2.05) is 34.8 Å². The number of rotatable bonds is 3. The van der Waals surface area contributed by atoms with E-state index in [0.717, 1.165) is 40.6 Å². The highest BCUT2D eigenvalue weighted by Gasteiger charge is 2.34. The molecule has 0 unspecified atom stereocenters. The lowest BCUT2D eigenvalue weighted by Crippen LogP contribution is -2.48. The fourth-order valence-electron chi connectivity index (χ4n) is 2.60. The first-order chi connectivity index (χ1) is 9.73. The molecule has 1 aliphatic rings. The zero-order valence-electron chi connectivity index (χ0n) is 11.0. The summed E-state index contributed by atoms with van der Waals surface area (Å²) in [5, 5.41) is 14.1. The van der Waals surface area contributed by atoms with Crippen LogP contribution in [0.25, 0.3) is 16.3 Å². The van der Waals surface area contributed by atoms with Gasteiger partial charge in [0.15, 0.2) is 5.82 Å². The van der Waals surface area contributed by atoms with Crippen LogP contribution in [-0.4, -0.2) is 25.4 Å². The van der Waals surface area contributed by atoms with Crippen LogP contribution in [-0.2, 0) is 6.42 Å². The van der Waals surface area contributed by atoms with Crippen molar-refractivity contribution in [3.05, 3.63) is 35.3 Å². The summed E-state index contributed by atoms with van der Waals surface area (Å²) in [4.78, 5) is 0.835. The van der Waals surface area contributed by atoms with E-state index in [4.69, 9.17) is 5.73 Å². The van der Waals surface area contributed by atoms with Crippen LogP contribution in [0.4, 0.5) is 0 Å². The van der Waals surface area contributed by atoms with Gasteiger partial charge >= 0.3 is 0 Å². The molecule has 0 radical (unpaired) electrons. The number of nitrogens with two attached hydrogens (primary N) is 1. The summed E-state index contributed by atoms with van der Waals surface area (Å²) in [5.74, 6) is 0.794. The molecule has 1 aromatic carbocycles. The number of nitrogens with zero attached hydrogens (tertiary/aromatic N) is 4. The third-order valence-electron chi connectivity index (χ3n) is 3.92. The summed E-state index contributed by atoms with van der Waals surface area (Å²) in [5.41, 5.74) is 7.28. The van der Waals surface area contributed by atoms with Crippen molar-refractivity contribution in [3.8, 4) is 11.4 Å². The number of hydrogen-bond donors (Lipinski definition) is 1. The van der Waals surface area contributed by atoms with E-state index in [1.54, 1.807) is 11.3 Å². The Morgan fingerprint density at radius 1 is 1.20 bits per heavy atom. The highest BCUT2D eigenvalue weighted by Crippen LogP contribution is 2.33. The summed E-state index contributed by atoms with van der Waals surface area (Å²) in [6.07, 6.45) is 4.27. The van der Waals surface area contributed by atoms with Crippen LogP contribution in [0.15, 0.2) is 30.3 Å². The van der Waals surface area contributed by atoms with Crippen LogP contribution in [0.1, 0.15) is 24.3 Å². The van der Waals surface area contributed by atoms with Gasteiger partial charge in [-0.1, -0.05) is 41.7 Å². The number of fused-ring (bicyclic) bond motifs is 1. The van der Waals surface area contributed by atoms with Crippen LogP contribution >= 0.6 is 11.3 Å². The molecule has 0 bridgehead atoms. The zero-order chi connectivity index (χ0) is 13.6. The van der Waals surface area contributed by atoms with Gasteiger partial charge in [0.1, 0.15) is 5.01 Å². The third-order valence-corrected chi connectivity index (χ3v) is 4.82. The average molecular weight is 285 g/mol. The number of aromatic nitrogens is 4. The molecule has 1 fully saturated rings. The second-order valence-electron chi connectivity index (χ2n) is 5.47. The van der Waals surface area contributed by atoms with E-state index < -0.39 is 0 Å². The predicted octanol–water partition coefficient (Wildman–Crippen LogP) is 2.28. The summed E-state index contributed by atoms with van der Waals surface area (Å²) >= 11 is 1.59. The third kappa shape index (κ3) is 1.92. The minimum atomic E-state index is -0.0454.